The van der Waals surface area contributed by atoms with Crippen LogP contribution in [0.2, 0.25) is 0 Å². The molecule has 1 aromatic carbocycles. The zero-order valence-corrected chi connectivity index (χ0v) is 9.79. The Kier molecular flexibility index (Phi) is 2.91. The molecule has 0 radical (unpaired) electrons. The number of rotatable bonds is 2. The number of halogens is 2. The molecular formula is C12H10BrFO. The van der Waals surface area contributed by atoms with Gasteiger partial charge in [-0.3, -0.25) is 0 Å². The molecular weight excluding hydrogens is 259 g/mol. The summed E-state index contributed by atoms with van der Waals surface area (Å²) >= 11 is 3.52. The molecule has 0 bridgehead atoms. The SMILES string of the molecule is Cc1ccc(C(Br)c2ccc(F)cc2)o1. The molecule has 3 heteroatoms. The van der Waals surface area contributed by atoms with Gasteiger partial charge >= 0.3 is 0 Å². The highest BCUT2D eigenvalue weighted by molar-refractivity contribution is 9.09. The summed E-state index contributed by atoms with van der Waals surface area (Å²) in [6, 6.07) is 10.2. The smallest absolute Gasteiger partial charge is 0.123 e. The Morgan fingerprint density at radius 3 is 2.33 bits per heavy atom. The molecule has 0 saturated heterocycles. The van der Waals surface area contributed by atoms with Crippen LogP contribution in [0.3, 0.4) is 0 Å². The van der Waals surface area contributed by atoms with E-state index in [2.05, 4.69) is 15.9 Å². The number of alkyl halides is 1. The Morgan fingerprint density at radius 2 is 1.80 bits per heavy atom. The maximum Gasteiger partial charge on any atom is 0.123 e. The lowest BCUT2D eigenvalue weighted by Crippen LogP contribution is -1.90. The van der Waals surface area contributed by atoms with Crippen LogP contribution < -0.4 is 0 Å². The van der Waals surface area contributed by atoms with Gasteiger partial charge in [-0.1, -0.05) is 28.1 Å². The largest absolute Gasteiger partial charge is 0.465 e. The number of hydrogen-bond acceptors (Lipinski definition) is 1. The standard InChI is InChI=1S/C12H10BrFO/c1-8-2-7-11(15-8)12(13)9-3-5-10(14)6-4-9/h2-7,12H,1H3. The third-order valence-corrected chi connectivity index (χ3v) is 3.15. The van der Waals surface area contributed by atoms with Gasteiger partial charge in [-0.25, -0.2) is 4.39 Å². The number of furan rings is 1. The molecule has 2 rings (SSSR count). The Balaban J connectivity index is 2.28. The first-order chi connectivity index (χ1) is 7.16. The molecule has 1 heterocycles. The lowest BCUT2D eigenvalue weighted by Gasteiger charge is -2.06. The van der Waals surface area contributed by atoms with Gasteiger partial charge in [-0.15, -0.1) is 0 Å². The topological polar surface area (TPSA) is 13.1 Å². The average molecular weight is 269 g/mol. The fraction of sp³-hybridized carbons (Fsp3) is 0.167. The first-order valence-corrected chi connectivity index (χ1v) is 5.54. The molecule has 0 N–H and O–H groups in total. The monoisotopic (exact) mass is 268 g/mol. The Morgan fingerprint density at radius 1 is 1.13 bits per heavy atom. The fourth-order valence-corrected chi connectivity index (χ4v) is 1.94. The molecule has 1 atom stereocenters. The summed E-state index contributed by atoms with van der Waals surface area (Å²) in [4.78, 5) is -0.0215. The van der Waals surface area contributed by atoms with Crippen molar-refractivity contribution in [3.05, 3.63) is 59.3 Å². The van der Waals surface area contributed by atoms with Crippen molar-refractivity contribution < 1.29 is 8.81 Å². The molecule has 0 spiro atoms. The first kappa shape index (κ1) is 10.4. The van der Waals surface area contributed by atoms with Crippen LogP contribution in [0.4, 0.5) is 4.39 Å². The van der Waals surface area contributed by atoms with Crippen LogP contribution in [0, 0.1) is 12.7 Å². The number of hydrogen-bond donors (Lipinski definition) is 0. The maximum atomic E-state index is 12.7. The van der Waals surface area contributed by atoms with E-state index >= 15 is 0 Å². The molecule has 0 amide bonds. The molecule has 78 valence electrons. The normalized spacial score (nSPS) is 12.7. The molecule has 0 aliphatic carbocycles. The molecule has 2 aromatic rings. The summed E-state index contributed by atoms with van der Waals surface area (Å²) in [5, 5.41) is 0. The van der Waals surface area contributed by atoms with E-state index in [0.717, 1.165) is 17.1 Å². The second kappa shape index (κ2) is 4.19. The highest BCUT2D eigenvalue weighted by atomic mass is 79.9. The highest BCUT2D eigenvalue weighted by Crippen LogP contribution is 2.31. The van der Waals surface area contributed by atoms with Crippen molar-refractivity contribution in [3.63, 3.8) is 0 Å². The van der Waals surface area contributed by atoms with Crippen molar-refractivity contribution >= 4 is 15.9 Å². The Hall–Kier alpha value is -1.09. The summed E-state index contributed by atoms with van der Waals surface area (Å²) in [5.74, 6) is 1.48. The molecule has 0 fully saturated rings. The zero-order chi connectivity index (χ0) is 10.8. The van der Waals surface area contributed by atoms with Crippen molar-refractivity contribution in [2.24, 2.45) is 0 Å². The average Bonchev–Trinajstić information content (AvgIpc) is 2.65. The van der Waals surface area contributed by atoms with Crippen molar-refractivity contribution in [3.8, 4) is 0 Å². The molecule has 1 aromatic heterocycles. The second-order valence-corrected chi connectivity index (χ2v) is 4.28. The summed E-state index contributed by atoms with van der Waals surface area (Å²) in [6.07, 6.45) is 0. The van der Waals surface area contributed by atoms with E-state index < -0.39 is 0 Å². The van der Waals surface area contributed by atoms with Gasteiger partial charge in [0.2, 0.25) is 0 Å². The summed E-state index contributed by atoms with van der Waals surface area (Å²) < 4.78 is 18.2. The van der Waals surface area contributed by atoms with Crippen molar-refractivity contribution in [1.29, 1.82) is 0 Å². The quantitative estimate of drug-likeness (QED) is 0.744. The first-order valence-electron chi connectivity index (χ1n) is 4.62. The Labute approximate surface area is 96.0 Å². The minimum absolute atomic E-state index is 0.0215. The van der Waals surface area contributed by atoms with Gasteiger partial charge in [0.25, 0.3) is 0 Å². The summed E-state index contributed by atoms with van der Waals surface area (Å²) in [6.45, 7) is 1.90. The van der Waals surface area contributed by atoms with E-state index in [4.69, 9.17) is 4.42 Å². The van der Waals surface area contributed by atoms with Gasteiger partial charge in [-0.05, 0) is 36.8 Å². The molecule has 0 aliphatic rings. The van der Waals surface area contributed by atoms with E-state index in [1.165, 1.54) is 12.1 Å². The van der Waals surface area contributed by atoms with Crippen LogP contribution in [0.25, 0.3) is 0 Å². The van der Waals surface area contributed by atoms with Crippen LogP contribution in [0.15, 0.2) is 40.8 Å². The van der Waals surface area contributed by atoms with Gasteiger partial charge < -0.3 is 4.42 Å². The summed E-state index contributed by atoms with van der Waals surface area (Å²) in [5.41, 5.74) is 0.978. The predicted octanol–water partition coefficient (Wildman–Crippen LogP) is 4.21. The molecule has 0 aliphatic heterocycles. The third kappa shape index (κ3) is 2.29. The van der Waals surface area contributed by atoms with Crippen LogP contribution in [-0.4, -0.2) is 0 Å². The lowest BCUT2D eigenvalue weighted by atomic mass is 10.1. The van der Waals surface area contributed by atoms with E-state index in [1.54, 1.807) is 12.1 Å². The van der Waals surface area contributed by atoms with Gasteiger partial charge in [0.1, 0.15) is 17.3 Å². The Bertz CT molecular complexity index is 447. The predicted molar refractivity (Wildman–Crippen MR) is 60.6 cm³/mol. The van der Waals surface area contributed by atoms with Crippen LogP contribution in [0.5, 0.6) is 0 Å². The summed E-state index contributed by atoms with van der Waals surface area (Å²) in [7, 11) is 0. The van der Waals surface area contributed by atoms with E-state index in [1.807, 2.05) is 19.1 Å². The fourth-order valence-electron chi connectivity index (χ4n) is 1.39. The number of benzene rings is 1. The minimum atomic E-state index is -0.228. The second-order valence-electron chi connectivity index (χ2n) is 3.36. The van der Waals surface area contributed by atoms with Crippen LogP contribution >= 0.6 is 15.9 Å². The lowest BCUT2D eigenvalue weighted by molar-refractivity contribution is 0.492. The van der Waals surface area contributed by atoms with Crippen molar-refractivity contribution in [2.45, 2.75) is 11.8 Å². The van der Waals surface area contributed by atoms with E-state index in [9.17, 15) is 4.39 Å². The number of aryl methyl sites for hydroxylation is 1. The zero-order valence-electron chi connectivity index (χ0n) is 8.21. The van der Waals surface area contributed by atoms with Gasteiger partial charge in [0.15, 0.2) is 0 Å². The highest BCUT2D eigenvalue weighted by Gasteiger charge is 2.13. The van der Waals surface area contributed by atoms with Gasteiger partial charge in [0.05, 0.1) is 4.83 Å². The minimum Gasteiger partial charge on any atom is -0.465 e. The van der Waals surface area contributed by atoms with E-state index in [0.29, 0.717) is 0 Å². The van der Waals surface area contributed by atoms with Gasteiger partial charge in [0, 0.05) is 0 Å². The molecule has 1 unspecified atom stereocenters. The van der Waals surface area contributed by atoms with E-state index in [-0.39, 0.29) is 10.6 Å². The molecule has 15 heavy (non-hydrogen) atoms. The molecule has 0 saturated carbocycles. The van der Waals surface area contributed by atoms with Crippen molar-refractivity contribution in [1.82, 2.24) is 0 Å². The third-order valence-electron chi connectivity index (χ3n) is 2.17. The maximum absolute atomic E-state index is 12.7. The van der Waals surface area contributed by atoms with Crippen molar-refractivity contribution in [2.75, 3.05) is 0 Å². The molecule has 1 nitrogen and oxygen atoms in total. The van der Waals surface area contributed by atoms with Crippen LogP contribution in [-0.2, 0) is 0 Å². The van der Waals surface area contributed by atoms with Gasteiger partial charge in [-0.2, -0.15) is 0 Å². The van der Waals surface area contributed by atoms with Crippen LogP contribution in [0.1, 0.15) is 21.9 Å².